The lowest BCUT2D eigenvalue weighted by molar-refractivity contribution is -0.244. The monoisotopic (exact) mass is 656 g/mol. The van der Waals surface area contributed by atoms with Crippen molar-refractivity contribution in [3.05, 3.63) is 103 Å². The van der Waals surface area contributed by atoms with Crippen LogP contribution in [0.15, 0.2) is 66.7 Å². The van der Waals surface area contributed by atoms with Crippen molar-refractivity contribution >= 4 is 57.8 Å². The predicted octanol–water partition coefficient (Wildman–Crippen LogP) is 7.11. The van der Waals surface area contributed by atoms with E-state index >= 15 is 0 Å². The van der Waals surface area contributed by atoms with Gasteiger partial charge in [-0.2, -0.15) is 13.2 Å². The first kappa shape index (κ1) is 29.7. The normalized spacial score (nSPS) is 13.4. The number of aryl methyl sites for hydroxylation is 1. The van der Waals surface area contributed by atoms with Crippen LogP contribution in [-0.2, 0) is 5.60 Å². The van der Waals surface area contributed by atoms with E-state index in [1.807, 2.05) is 22.6 Å². The molecule has 3 N–H and O–H groups in total. The molecule has 38 heavy (non-hydrogen) atoms. The van der Waals surface area contributed by atoms with Crippen LogP contribution in [0.5, 0.6) is 0 Å². The Bertz CT molecular complexity index is 1370. The number of aliphatic hydroxyl groups is 1. The third-order valence-electron chi connectivity index (χ3n) is 5.64. The van der Waals surface area contributed by atoms with Gasteiger partial charge in [0.05, 0.1) is 11.1 Å². The van der Waals surface area contributed by atoms with Gasteiger partial charge < -0.3 is 15.7 Å². The highest BCUT2D eigenvalue weighted by Crippen LogP contribution is 2.41. The van der Waals surface area contributed by atoms with Crippen molar-refractivity contribution in [2.24, 2.45) is 0 Å². The summed E-state index contributed by atoms with van der Waals surface area (Å²) in [5, 5.41) is 16.6. The summed E-state index contributed by atoms with van der Waals surface area (Å²) in [6.45, 7) is 5.11. The lowest BCUT2D eigenvalue weighted by Crippen LogP contribution is -2.40. The standard InChI is InChI=1S/C28H25ClF3IN2O3/c1-16(2)34-26(37)24-21(5-4-6-22(24)33)25(36)35-23-12-9-19(15-17(23)3)27(38,28(30,31)32)14-13-18-7-10-20(29)11-8-18/h4-16,38H,1-3H3,(H,34,37)(H,35,36). The average molecular weight is 657 g/mol. The van der Waals surface area contributed by atoms with Gasteiger partial charge in [0.2, 0.25) is 5.60 Å². The molecule has 200 valence electrons. The summed E-state index contributed by atoms with van der Waals surface area (Å²) in [6, 6.07) is 14.3. The molecule has 5 nitrogen and oxygen atoms in total. The maximum absolute atomic E-state index is 14.0. The minimum atomic E-state index is -5.02. The van der Waals surface area contributed by atoms with Crippen molar-refractivity contribution in [3.63, 3.8) is 0 Å². The number of carbonyl (C=O) groups excluding carboxylic acids is 2. The summed E-state index contributed by atoms with van der Waals surface area (Å²) >= 11 is 7.79. The summed E-state index contributed by atoms with van der Waals surface area (Å²) in [6.07, 6.45) is -3.18. The second-order valence-corrected chi connectivity index (χ2v) is 10.5. The molecule has 0 aliphatic heterocycles. The Balaban J connectivity index is 1.93. The van der Waals surface area contributed by atoms with Crippen molar-refractivity contribution in [2.75, 3.05) is 5.32 Å². The Morgan fingerprint density at radius 3 is 2.26 bits per heavy atom. The number of alkyl halides is 3. The molecule has 0 bridgehead atoms. The van der Waals surface area contributed by atoms with Gasteiger partial charge >= 0.3 is 6.18 Å². The SMILES string of the molecule is Cc1cc(C(O)(C=Cc2ccc(Cl)cc2)C(F)(F)F)ccc1NC(=O)c1cccc(I)c1C(=O)NC(C)C. The zero-order valence-corrected chi connectivity index (χ0v) is 23.6. The fraction of sp³-hybridized carbons (Fsp3) is 0.214. The highest BCUT2D eigenvalue weighted by atomic mass is 127. The first-order valence-electron chi connectivity index (χ1n) is 11.5. The molecule has 0 radical (unpaired) electrons. The van der Waals surface area contributed by atoms with Crippen molar-refractivity contribution in [3.8, 4) is 0 Å². The number of rotatable bonds is 7. The van der Waals surface area contributed by atoms with E-state index in [9.17, 15) is 27.9 Å². The highest BCUT2D eigenvalue weighted by molar-refractivity contribution is 14.1. The van der Waals surface area contributed by atoms with Crippen molar-refractivity contribution in [1.82, 2.24) is 5.32 Å². The van der Waals surface area contributed by atoms with E-state index in [2.05, 4.69) is 10.6 Å². The van der Waals surface area contributed by atoms with Crippen LogP contribution < -0.4 is 10.6 Å². The smallest absolute Gasteiger partial charge is 0.373 e. The molecule has 3 aromatic carbocycles. The number of hydrogen-bond acceptors (Lipinski definition) is 3. The Labute approximate surface area is 237 Å². The van der Waals surface area contributed by atoms with Crippen LogP contribution >= 0.6 is 34.2 Å². The third-order valence-corrected chi connectivity index (χ3v) is 6.79. The van der Waals surface area contributed by atoms with E-state index in [0.29, 0.717) is 20.2 Å². The Morgan fingerprint density at radius 2 is 1.68 bits per heavy atom. The number of amides is 2. The topological polar surface area (TPSA) is 78.4 Å². The van der Waals surface area contributed by atoms with Gasteiger partial charge in [0.1, 0.15) is 0 Å². The second kappa shape index (κ2) is 11.9. The predicted molar refractivity (Wildman–Crippen MR) is 151 cm³/mol. The molecule has 1 atom stereocenters. The van der Waals surface area contributed by atoms with Crippen LogP contribution in [0.3, 0.4) is 0 Å². The van der Waals surface area contributed by atoms with Gasteiger partial charge in [0, 0.05) is 20.3 Å². The van der Waals surface area contributed by atoms with Gasteiger partial charge in [-0.05, 0) is 96.5 Å². The minimum absolute atomic E-state index is 0.122. The summed E-state index contributed by atoms with van der Waals surface area (Å²) in [7, 11) is 0. The maximum atomic E-state index is 14.0. The molecule has 3 rings (SSSR count). The van der Waals surface area contributed by atoms with Gasteiger partial charge in [-0.15, -0.1) is 0 Å². The number of nitrogens with one attached hydrogen (secondary N) is 2. The van der Waals surface area contributed by atoms with E-state index in [-0.39, 0.29) is 28.4 Å². The van der Waals surface area contributed by atoms with E-state index in [0.717, 1.165) is 18.2 Å². The molecule has 2 amide bonds. The van der Waals surface area contributed by atoms with Crippen molar-refractivity contribution in [1.29, 1.82) is 0 Å². The first-order valence-corrected chi connectivity index (χ1v) is 12.9. The Kier molecular flexibility index (Phi) is 9.27. The fourth-order valence-electron chi connectivity index (χ4n) is 3.65. The van der Waals surface area contributed by atoms with Gasteiger partial charge in [0.25, 0.3) is 11.8 Å². The van der Waals surface area contributed by atoms with E-state index in [4.69, 9.17) is 11.6 Å². The van der Waals surface area contributed by atoms with E-state index in [1.165, 1.54) is 43.3 Å². The van der Waals surface area contributed by atoms with Gasteiger partial charge in [-0.1, -0.05) is 48.0 Å². The van der Waals surface area contributed by atoms with Crippen LogP contribution in [0, 0.1) is 10.5 Å². The average Bonchev–Trinajstić information content (AvgIpc) is 2.83. The van der Waals surface area contributed by atoms with Gasteiger partial charge in [0.15, 0.2) is 0 Å². The molecule has 0 fully saturated rings. The Morgan fingerprint density at radius 1 is 1.03 bits per heavy atom. The third kappa shape index (κ3) is 6.75. The summed E-state index contributed by atoms with van der Waals surface area (Å²) in [5.41, 5.74) is -2.43. The minimum Gasteiger partial charge on any atom is -0.373 e. The van der Waals surface area contributed by atoms with Gasteiger partial charge in [-0.3, -0.25) is 9.59 Å². The van der Waals surface area contributed by atoms with Crippen LogP contribution in [0.4, 0.5) is 18.9 Å². The molecule has 3 aromatic rings. The molecule has 0 aromatic heterocycles. The van der Waals surface area contributed by atoms with Crippen molar-refractivity contribution in [2.45, 2.75) is 38.6 Å². The summed E-state index contributed by atoms with van der Waals surface area (Å²) < 4.78 is 42.7. The van der Waals surface area contributed by atoms with Crippen LogP contribution in [0.25, 0.3) is 6.08 Å². The van der Waals surface area contributed by atoms with Crippen LogP contribution in [-0.4, -0.2) is 29.1 Å². The van der Waals surface area contributed by atoms with Crippen LogP contribution in [0.2, 0.25) is 5.02 Å². The molecular weight excluding hydrogens is 632 g/mol. The molecular formula is C28H25ClF3IN2O3. The van der Waals surface area contributed by atoms with E-state index < -0.39 is 29.2 Å². The molecule has 0 spiro atoms. The maximum Gasteiger partial charge on any atom is 0.425 e. The summed E-state index contributed by atoms with van der Waals surface area (Å²) in [4.78, 5) is 25.8. The van der Waals surface area contributed by atoms with Crippen LogP contribution in [0.1, 0.15) is 51.3 Å². The lowest BCUT2D eigenvalue weighted by Gasteiger charge is -2.28. The number of anilines is 1. The zero-order valence-electron chi connectivity index (χ0n) is 20.7. The molecule has 0 heterocycles. The van der Waals surface area contributed by atoms with Gasteiger partial charge in [-0.25, -0.2) is 0 Å². The molecule has 10 heteroatoms. The number of halogens is 5. The molecule has 0 saturated carbocycles. The largest absolute Gasteiger partial charge is 0.425 e. The lowest BCUT2D eigenvalue weighted by atomic mass is 9.90. The number of benzene rings is 3. The number of carbonyl (C=O) groups is 2. The fourth-order valence-corrected chi connectivity index (χ4v) is 4.52. The number of hydrogen-bond donors (Lipinski definition) is 3. The molecule has 0 aliphatic rings. The molecule has 0 saturated heterocycles. The zero-order chi connectivity index (χ0) is 28.3. The molecule has 0 aliphatic carbocycles. The summed E-state index contributed by atoms with van der Waals surface area (Å²) in [5.74, 6) is -1.01. The molecule has 1 unspecified atom stereocenters. The second-order valence-electron chi connectivity index (χ2n) is 8.92. The van der Waals surface area contributed by atoms with E-state index in [1.54, 1.807) is 26.0 Å². The quantitative estimate of drug-likeness (QED) is 0.237. The first-order chi connectivity index (χ1) is 17.7. The van der Waals surface area contributed by atoms with Crippen molar-refractivity contribution < 1.29 is 27.9 Å². The highest BCUT2D eigenvalue weighted by Gasteiger charge is 2.53. The Hall–Kier alpha value is -2.89.